The molecule has 5 heteroatoms. The zero-order chi connectivity index (χ0) is 10.8. The first-order chi connectivity index (χ1) is 7.16. The number of rotatable bonds is 2. The van der Waals surface area contributed by atoms with Gasteiger partial charge in [0.1, 0.15) is 11.5 Å². The molecule has 1 heterocycles. The van der Waals surface area contributed by atoms with Gasteiger partial charge in [-0.15, -0.1) is 23.7 Å². The summed E-state index contributed by atoms with van der Waals surface area (Å²) in [6.07, 6.45) is 0. The van der Waals surface area contributed by atoms with Crippen molar-refractivity contribution in [1.29, 1.82) is 0 Å². The second-order valence-electron chi connectivity index (χ2n) is 3.28. The van der Waals surface area contributed by atoms with Gasteiger partial charge in [-0.25, -0.2) is 0 Å². The monoisotopic (exact) mass is 257 g/mol. The van der Waals surface area contributed by atoms with Gasteiger partial charge in [-0.1, -0.05) is 6.07 Å². The summed E-state index contributed by atoms with van der Waals surface area (Å²) in [7, 11) is 0. The van der Waals surface area contributed by atoms with Gasteiger partial charge in [0.25, 0.3) is 0 Å². The van der Waals surface area contributed by atoms with Crippen molar-refractivity contribution >= 4 is 23.7 Å². The Morgan fingerprint density at radius 2 is 1.75 bits per heavy atom. The molecule has 0 fully saturated rings. The number of thiophene rings is 1. The molecule has 0 bridgehead atoms. The fourth-order valence-electron chi connectivity index (χ4n) is 1.43. The van der Waals surface area contributed by atoms with Crippen LogP contribution < -0.4 is 5.73 Å². The normalized spacial score (nSPS) is 11.8. The van der Waals surface area contributed by atoms with Crippen LogP contribution in [0.15, 0.2) is 35.7 Å². The molecule has 0 aliphatic heterocycles. The van der Waals surface area contributed by atoms with Crippen molar-refractivity contribution in [2.75, 3.05) is 0 Å². The van der Waals surface area contributed by atoms with E-state index >= 15 is 0 Å². The Bertz CT molecular complexity index is 439. The van der Waals surface area contributed by atoms with E-state index in [9.17, 15) is 10.2 Å². The highest BCUT2D eigenvalue weighted by atomic mass is 35.5. The summed E-state index contributed by atoms with van der Waals surface area (Å²) in [6, 6.07) is 7.95. The van der Waals surface area contributed by atoms with Gasteiger partial charge in [-0.05, 0) is 29.1 Å². The third-order valence-electron chi connectivity index (χ3n) is 2.13. The molecule has 1 atom stereocenters. The number of phenols is 2. The molecule has 16 heavy (non-hydrogen) atoms. The van der Waals surface area contributed by atoms with Gasteiger partial charge in [0.2, 0.25) is 0 Å². The number of nitrogens with two attached hydrogens (primary N) is 1. The summed E-state index contributed by atoms with van der Waals surface area (Å²) in [5.74, 6) is 0.0500. The largest absolute Gasteiger partial charge is 0.508 e. The van der Waals surface area contributed by atoms with Crippen LogP contribution >= 0.6 is 23.7 Å². The Hall–Kier alpha value is -1.23. The molecule has 0 amide bonds. The molecule has 1 aromatic carbocycles. The first kappa shape index (κ1) is 12.8. The van der Waals surface area contributed by atoms with Gasteiger partial charge in [-0.3, -0.25) is 0 Å². The van der Waals surface area contributed by atoms with Crippen LogP contribution in [0.5, 0.6) is 11.5 Å². The van der Waals surface area contributed by atoms with E-state index in [0.29, 0.717) is 5.56 Å². The van der Waals surface area contributed by atoms with Crippen LogP contribution in [-0.4, -0.2) is 10.2 Å². The highest BCUT2D eigenvalue weighted by Gasteiger charge is 2.11. The zero-order valence-electron chi connectivity index (χ0n) is 8.33. The Labute approximate surface area is 104 Å². The van der Waals surface area contributed by atoms with Crippen LogP contribution in [0.4, 0.5) is 0 Å². The molecule has 3 nitrogen and oxygen atoms in total. The van der Waals surface area contributed by atoms with Crippen LogP contribution in [0.3, 0.4) is 0 Å². The maximum atomic E-state index is 9.33. The van der Waals surface area contributed by atoms with Gasteiger partial charge in [-0.2, -0.15) is 0 Å². The van der Waals surface area contributed by atoms with Crippen molar-refractivity contribution in [2.24, 2.45) is 5.73 Å². The molecule has 0 aliphatic carbocycles. The summed E-state index contributed by atoms with van der Waals surface area (Å²) >= 11 is 1.55. The molecule has 0 spiro atoms. The van der Waals surface area contributed by atoms with E-state index in [1.165, 1.54) is 6.07 Å². The number of hydrogen-bond donors (Lipinski definition) is 3. The molecule has 0 saturated heterocycles. The topological polar surface area (TPSA) is 66.5 Å². The standard InChI is InChI=1S/C11H11NO2S.ClH/c12-11(10-2-1-3-15-10)7-4-8(13)6-9(14)5-7;/h1-6,11,13-14H,12H2;1H/t11-;/m0./s1. The van der Waals surface area contributed by atoms with E-state index in [2.05, 4.69) is 0 Å². The summed E-state index contributed by atoms with van der Waals surface area (Å²) in [6.45, 7) is 0. The lowest BCUT2D eigenvalue weighted by atomic mass is 10.1. The van der Waals surface area contributed by atoms with Crippen molar-refractivity contribution < 1.29 is 10.2 Å². The van der Waals surface area contributed by atoms with Crippen LogP contribution in [0.1, 0.15) is 16.5 Å². The van der Waals surface area contributed by atoms with Crippen molar-refractivity contribution in [1.82, 2.24) is 0 Å². The quantitative estimate of drug-likeness (QED) is 0.775. The maximum Gasteiger partial charge on any atom is 0.119 e. The van der Waals surface area contributed by atoms with Gasteiger partial charge < -0.3 is 15.9 Å². The number of phenolic OH excluding ortho intramolecular Hbond substituents is 2. The molecule has 0 unspecified atom stereocenters. The molecule has 1 aromatic heterocycles. The first-order valence-electron chi connectivity index (χ1n) is 4.49. The number of halogens is 1. The minimum atomic E-state index is -0.303. The number of hydrogen-bond acceptors (Lipinski definition) is 4. The fourth-order valence-corrected chi connectivity index (χ4v) is 2.18. The average molecular weight is 258 g/mol. The van der Waals surface area contributed by atoms with Crippen molar-refractivity contribution in [3.05, 3.63) is 46.2 Å². The van der Waals surface area contributed by atoms with E-state index in [0.717, 1.165) is 4.88 Å². The summed E-state index contributed by atoms with van der Waals surface area (Å²) in [4.78, 5) is 1.00. The molecule has 2 rings (SSSR count). The van der Waals surface area contributed by atoms with Crippen LogP contribution in [-0.2, 0) is 0 Å². The fraction of sp³-hybridized carbons (Fsp3) is 0.0909. The van der Waals surface area contributed by atoms with Gasteiger partial charge in [0.15, 0.2) is 0 Å². The Balaban J connectivity index is 0.00000128. The lowest BCUT2D eigenvalue weighted by Crippen LogP contribution is -2.09. The van der Waals surface area contributed by atoms with Crippen molar-refractivity contribution in [3.8, 4) is 11.5 Å². The van der Waals surface area contributed by atoms with E-state index in [1.807, 2.05) is 17.5 Å². The highest BCUT2D eigenvalue weighted by molar-refractivity contribution is 7.10. The number of benzene rings is 1. The summed E-state index contributed by atoms with van der Waals surface area (Å²) in [5, 5.41) is 20.6. The van der Waals surface area contributed by atoms with Crippen LogP contribution in [0, 0.1) is 0 Å². The number of aromatic hydroxyl groups is 2. The first-order valence-corrected chi connectivity index (χ1v) is 5.36. The summed E-state index contributed by atoms with van der Waals surface area (Å²) in [5.41, 5.74) is 6.69. The second-order valence-corrected chi connectivity index (χ2v) is 4.26. The second kappa shape index (κ2) is 5.21. The predicted molar refractivity (Wildman–Crippen MR) is 67.4 cm³/mol. The maximum absolute atomic E-state index is 9.33. The van der Waals surface area contributed by atoms with E-state index in [4.69, 9.17) is 5.73 Å². The summed E-state index contributed by atoms with van der Waals surface area (Å²) < 4.78 is 0. The minimum Gasteiger partial charge on any atom is -0.508 e. The molecule has 0 aliphatic rings. The highest BCUT2D eigenvalue weighted by Crippen LogP contribution is 2.29. The van der Waals surface area contributed by atoms with Crippen molar-refractivity contribution in [2.45, 2.75) is 6.04 Å². The SMILES string of the molecule is Cl.N[C@@H](c1cc(O)cc(O)c1)c1cccs1. The molecular formula is C11H12ClNO2S. The van der Waals surface area contributed by atoms with Crippen LogP contribution in [0.25, 0.3) is 0 Å². The van der Waals surface area contributed by atoms with Crippen molar-refractivity contribution in [3.63, 3.8) is 0 Å². The molecule has 2 aromatic rings. The lowest BCUT2D eigenvalue weighted by Gasteiger charge is -2.10. The Kier molecular flexibility index (Phi) is 4.18. The van der Waals surface area contributed by atoms with E-state index < -0.39 is 0 Å². The zero-order valence-corrected chi connectivity index (χ0v) is 9.96. The molecule has 86 valence electrons. The average Bonchev–Trinajstić information content (AvgIpc) is 2.67. The third kappa shape index (κ3) is 2.66. The van der Waals surface area contributed by atoms with Gasteiger partial charge in [0, 0.05) is 10.9 Å². The molecular weight excluding hydrogens is 246 g/mol. The Morgan fingerprint density at radius 1 is 1.12 bits per heavy atom. The predicted octanol–water partition coefficient (Wildman–Crippen LogP) is 2.63. The van der Waals surface area contributed by atoms with E-state index in [1.54, 1.807) is 23.5 Å². The Morgan fingerprint density at radius 3 is 2.25 bits per heavy atom. The smallest absolute Gasteiger partial charge is 0.119 e. The van der Waals surface area contributed by atoms with E-state index in [-0.39, 0.29) is 29.9 Å². The molecule has 4 N–H and O–H groups in total. The molecule has 0 radical (unpaired) electrons. The van der Waals surface area contributed by atoms with Crippen LogP contribution in [0.2, 0.25) is 0 Å². The van der Waals surface area contributed by atoms with Gasteiger partial charge >= 0.3 is 0 Å². The molecule has 0 saturated carbocycles. The third-order valence-corrected chi connectivity index (χ3v) is 3.09. The van der Waals surface area contributed by atoms with Gasteiger partial charge in [0.05, 0.1) is 6.04 Å². The minimum absolute atomic E-state index is 0. The lowest BCUT2D eigenvalue weighted by molar-refractivity contribution is 0.448.